The van der Waals surface area contributed by atoms with Crippen molar-refractivity contribution < 1.29 is 19.1 Å². The Bertz CT molecular complexity index is 396. The van der Waals surface area contributed by atoms with E-state index in [1.165, 1.54) is 38.5 Å². The molecule has 0 aromatic rings. The standard InChI is InChI=1S/C16H33NO2.C6H14NO2P.3C2H6/c1-5-7-9-11-13-17(14-12-10-8-6-2)16(18)19-15(3)4;1-5(2)9-6(8)7(3)10-4;3*1-2/h15H,5-14H2,1-4H3;5,10H,1-4H3;3*1-2H3. The molecule has 6 nitrogen and oxygen atoms in total. The predicted octanol–water partition coefficient (Wildman–Crippen LogP) is 9.76. The van der Waals surface area contributed by atoms with E-state index in [4.69, 9.17) is 9.47 Å². The quantitative estimate of drug-likeness (QED) is 0.178. The molecule has 0 aliphatic rings. The van der Waals surface area contributed by atoms with Crippen LogP contribution in [0.1, 0.15) is 134 Å². The zero-order chi connectivity index (χ0) is 28.7. The molecule has 7 heteroatoms. The summed E-state index contributed by atoms with van der Waals surface area (Å²) in [6.45, 7) is 27.5. The average Bonchev–Trinajstić information content (AvgIpc) is 2.85. The maximum Gasteiger partial charge on any atom is 0.412 e. The van der Waals surface area contributed by atoms with E-state index < -0.39 is 0 Å². The van der Waals surface area contributed by atoms with Crippen LogP contribution >= 0.6 is 8.73 Å². The minimum atomic E-state index is -0.240. The highest BCUT2D eigenvalue weighted by atomic mass is 31.1. The molecular weight excluding hydrogens is 459 g/mol. The average molecular weight is 525 g/mol. The van der Waals surface area contributed by atoms with Crippen molar-refractivity contribution in [3.8, 4) is 0 Å². The number of ether oxygens (including phenoxy) is 2. The Labute approximate surface area is 223 Å². The molecule has 0 N–H and O–H groups in total. The van der Waals surface area contributed by atoms with Crippen molar-refractivity contribution in [1.29, 1.82) is 0 Å². The van der Waals surface area contributed by atoms with Gasteiger partial charge in [0.15, 0.2) is 0 Å². The fraction of sp³-hybridized carbons (Fsp3) is 0.929. The van der Waals surface area contributed by atoms with Crippen LogP contribution in [0.25, 0.3) is 0 Å². The van der Waals surface area contributed by atoms with Crippen molar-refractivity contribution in [2.75, 3.05) is 26.8 Å². The maximum atomic E-state index is 12.0. The van der Waals surface area contributed by atoms with Crippen molar-refractivity contribution in [3.05, 3.63) is 0 Å². The molecule has 0 aromatic carbocycles. The number of rotatable bonds is 13. The molecular formula is C28H65N2O4P. The Morgan fingerprint density at radius 3 is 1.29 bits per heavy atom. The number of unbranched alkanes of at least 4 members (excludes halogenated alkanes) is 6. The monoisotopic (exact) mass is 524 g/mol. The normalized spacial score (nSPS) is 9.49. The van der Waals surface area contributed by atoms with Gasteiger partial charge >= 0.3 is 12.2 Å². The summed E-state index contributed by atoms with van der Waals surface area (Å²) in [4.78, 5) is 24.8. The summed E-state index contributed by atoms with van der Waals surface area (Å²) in [7, 11) is 2.20. The molecule has 0 saturated carbocycles. The third-order valence-electron chi connectivity index (χ3n) is 4.10. The molecule has 0 aliphatic heterocycles. The van der Waals surface area contributed by atoms with Crippen LogP contribution in [0.5, 0.6) is 0 Å². The number of carbonyl (C=O) groups is 2. The topological polar surface area (TPSA) is 59.1 Å². The summed E-state index contributed by atoms with van der Waals surface area (Å²) in [5.74, 6) is 0. The second-order valence-corrected chi connectivity index (χ2v) is 8.87. The van der Waals surface area contributed by atoms with Crippen molar-refractivity contribution in [2.45, 2.75) is 147 Å². The van der Waals surface area contributed by atoms with Crippen molar-refractivity contribution in [1.82, 2.24) is 9.57 Å². The highest BCUT2D eigenvalue weighted by Gasteiger charge is 2.15. The van der Waals surface area contributed by atoms with Gasteiger partial charge in [-0.15, -0.1) is 0 Å². The van der Waals surface area contributed by atoms with Gasteiger partial charge in [-0.1, -0.05) is 93.9 Å². The zero-order valence-electron chi connectivity index (χ0n) is 26.3. The van der Waals surface area contributed by atoms with E-state index in [1.807, 2.05) is 80.8 Å². The molecule has 0 radical (unpaired) electrons. The van der Waals surface area contributed by atoms with Gasteiger partial charge in [0.1, 0.15) is 0 Å². The van der Waals surface area contributed by atoms with E-state index in [2.05, 4.69) is 13.8 Å². The molecule has 0 spiro atoms. The van der Waals surface area contributed by atoms with E-state index in [9.17, 15) is 9.59 Å². The first kappa shape index (κ1) is 44.0. The van der Waals surface area contributed by atoms with Crippen LogP contribution in [0.4, 0.5) is 9.59 Å². The molecule has 0 rings (SSSR count). The van der Waals surface area contributed by atoms with E-state index in [1.54, 1.807) is 11.7 Å². The largest absolute Gasteiger partial charge is 0.447 e. The lowest BCUT2D eigenvalue weighted by Crippen LogP contribution is -2.35. The van der Waals surface area contributed by atoms with Crippen LogP contribution in [-0.4, -0.2) is 60.8 Å². The van der Waals surface area contributed by atoms with E-state index >= 15 is 0 Å². The summed E-state index contributed by atoms with van der Waals surface area (Å²) >= 11 is 0. The number of nitrogens with zero attached hydrogens (tertiary/aromatic N) is 2. The molecule has 2 amide bonds. The Morgan fingerprint density at radius 1 is 0.657 bits per heavy atom. The molecule has 0 fully saturated rings. The van der Waals surface area contributed by atoms with Crippen LogP contribution in [0.15, 0.2) is 0 Å². The predicted molar refractivity (Wildman–Crippen MR) is 159 cm³/mol. The lowest BCUT2D eigenvalue weighted by Gasteiger charge is -2.23. The maximum absolute atomic E-state index is 12.0. The molecule has 0 aromatic heterocycles. The highest BCUT2D eigenvalue weighted by Crippen LogP contribution is 2.11. The highest BCUT2D eigenvalue weighted by molar-refractivity contribution is 7.35. The molecule has 0 aliphatic carbocycles. The van der Waals surface area contributed by atoms with Crippen molar-refractivity contribution in [3.63, 3.8) is 0 Å². The Balaban J connectivity index is -0.000000158. The van der Waals surface area contributed by atoms with Crippen LogP contribution in [0.3, 0.4) is 0 Å². The lowest BCUT2D eigenvalue weighted by molar-refractivity contribution is 0.0755. The Morgan fingerprint density at radius 2 is 1.00 bits per heavy atom. The fourth-order valence-electron chi connectivity index (χ4n) is 2.40. The number of carbonyl (C=O) groups excluding carboxylic acids is 2. The minimum absolute atomic E-state index is 0.0219. The Hall–Kier alpha value is -1.03. The van der Waals surface area contributed by atoms with Crippen molar-refractivity contribution in [2.24, 2.45) is 0 Å². The first-order chi connectivity index (χ1) is 16.7. The lowest BCUT2D eigenvalue weighted by atomic mass is 10.2. The number of hydrogen-bond donors (Lipinski definition) is 0. The molecule has 1 unspecified atom stereocenters. The first-order valence-electron chi connectivity index (χ1n) is 14.3. The van der Waals surface area contributed by atoms with Crippen LogP contribution in [-0.2, 0) is 9.47 Å². The van der Waals surface area contributed by atoms with Gasteiger partial charge in [0.25, 0.3) is 0 Å². The van der Waals surface area contributed by atoms with E-state index in [-0.39, 0.29) is 24.4 Å². The molecule has 35 heavy (non-hydrogen) atoms. The van der Waals surface area contributed by atoms with Gasteiger partial charge in [-0.2, -0.15) is 0 Å². The molecule has 0 heterocycles. The van der Waals surface area contributed by atoms with E-state index in [0.717, 1.165) is 25.9 Å². The van der Waals surface area contributed by atoms with Gasteiger partial charge in [0, 0.05) is 20.1 Å². The summed E-state index contributed by atoms with van der Waals surface area (Å²) in [6.07, 6.45) is 9.13. The zero-order valence-corrected chi connectivity index (χ0v) is 27.3. The van der Waals surface area contributed by atoms with Gasteiger partial charge in [0.2, 0.25) is 0 Å². The van der Waals surface area contributed by atoms with Gasteiger partial charge in [-0.3, -0.25) is 4.67 Å². The van der Waals surface area contributed by atoms with Gasteiger partial charge in [0.05, 0.1) is 12.2 Å². The number of hydrogen-bond acceptors (Lipinski definition) is 4. The minimum Gasteiger partial charge on any atom is -0.447 e. The van der Waals surface area contributed by atoms with Crippen molar-refractivity contribution >= 4 is 20.9 Å². The van der Waals surface area contributed by atoms with Gasteiger partial charge in [-0.25, -0.2) is 9.59 Å². The summed E-state index contributed by atoms with van der Waals surface area (Å²) in [5, 5.41) is 0. The van der Waals surface area contributed by atoms with E-state index in [0.29, 0.717) is 8.73 Å². The third-order valence-corrected chi connectivity index (χ3v) is 4.96. The van der Waals surface area contributed by atoms with Crippen LogP contribution in [0.2, 0.25) is 0 Å². The number of amides is 2. The summed E-state index contributed by atoms with van der Waals surface area (Å²) < 4.78 is 11.8. The molecule has 1 atom stereocenters. The van der Waals surface area contributed by atoms with Gasteiger partial charge < -0.3 is 14.4 Å². The Kier molecular flexibility index (Phi) is 47.2. The SMILES string of the molecule is CC.CC.CC.CCCCCCN(CCCCCC)C(=O)OC(C)C.CPN(C)C(=O)OC(C)C. The molecule has 0 saturated heterocycles. The van der Waals surface area contributed by atoms with Gasteiger partial charge in [-0.05, 0) is 55.9 Å². The fourth-order valence-corrected chi connectivity index (χ4v) is 2.64. The molecule has 0 bridgehead atoms. The summed E-state index contributed by atoms with van der Waals surface area (Å²) in [6, 6.07) is 0. The van der Waals surface area contributed by atoms with Crippen LogP contribution < -0.4 is 0 Å². The molecule has 216 valence electrons. The van der Waals surface area contributed by atoms with Crippen LogP contribution in [0, 0.1) is 0 Å². The third kappa shape index (κ3) is 37.7. The first-order valence-corrected chi connectivity index (χ1v) is 15.7. The summed E-state index contributed by atoms with van der Waals surface area (Å²) in [5.41, 5.74) is 0. The second-order valence-electron chi connectivity index (χ2n) is 7.76. The second kappa shape index (κ2) is 37.5. The smallest absolute Gasteiger partial charge is 0.412 e.